The molecule has 2 N–H and O–H groups in total. The summed E-state index contributed by atoms with van der Waals surface area (Å²) in [7, 11) is 0. The minimum atomic E-state index is -0.755. The van der Waals surface area contributed by atoms with Gasteiger partial charge in [0.15, 0.2) is 0 Å². The monoisotopic (exact) mass is 296 g/mol. The molecule has 20 heavy (non-hydrogen) atoms. The van der Waals surface area contributed by atoms with Gasteiger partial charge in [-0.2, -0.15) is 0 Å². The number of hydrogen-bond donors (Lipinski definition) is 2. The molecule has 110 valence electrons. The molecule has 0 aliphatic carbocycles. The van der Waals surface area contributed by atoms with Crippen molar-refractivity contribution in [2.45, 2.75) is 32.2 Å². The minimum Gasteiger partial charge on any atom is -0.481 e. The average Bonchev–Trinajstić information content (AvgIpc) is 2.91. The minimum absolute atomic E-state index is 0.0217. The number of carboxylic acids is 1. The fourth-order valence-electron chi connectivity index (χ4n) is 2.55. The Hall–Kier alpha value is -1.56. The lowest BCUT2D eigenvalue weighted by atomic mass is 9.92. The molecule has 1 aliphatic rings. The van der Waals surface area contributed by atoms with Crippen LogP contribution in [-0.4, -0.2) is 41.1 Å². The van der Waals surface area contributed by atoms with E-state index in [4.69, 9.17) is 5.11 Å². The fourth-order valence-corrected chi connectivity index (χ4v) is 3.26. The number of piperidine rings is 1. The summed E-state index contributed by atoms with van der Waals surface area (Å²) in [5.41, 5.74) is 0. The van der Waals surface area contributed by atoms with Gasteiger partial charge in [-0.15, -0.1) is 11.3 Å². The predicted octanol–water partition coefficient (Wildman–Crippen LogP) is 2.19. The van der Waals surface area contributed by atoms with Crippen LogP contribution in [-0.2, 0) is 11.2 Å². The highest BCUT2D eigenvalue weighted by atomic mass is 32.1. The Labute approximate surface area is 122 Å². The van der Waals surface area contributed by atoms with Crippen LogP contribution in [0.1, 0.15) is 24.6 Å². The number of carbonyl (C=O) groups excluding carboxylic acids is 1. The molecule has 0 saturated carbocycles. The van der Waals surface area contributed by atoms with Gasteiger partial charge < -0.3 is 15.3 Å². The van der Waals surface area contributed by atoms with E-state index in [1.165, 1.54) is 4.88 Å². The van der Waals surface area contributed by atoms with Crippen LogP contribution in [0.4, 0.5) is 4.79 Å². The predicted molar refractivity (Wildman–Crippen MR) is 77.9 cm³/mol. The van der Waals surface area contributed by atoms with E-state index in [1.807, 2.05) is 18.4 Å². The van der Waals surface area contributed by atoms with Crippen molar-refractivity contribution < 1.29 is 14.7 Å². The molecule has 1 fully saturated rings. The van der Waals surface area contributed by atoms with Gasteiger partial charge in [-0.05, 0) is 37.6 Å². The van der Waals surface area contributed by atoms with E-state index >= 15 is 0 Å². The summed E-state index contributed by atoms with van der Waals surface area (Å²) in [6, 6.07) is 3.95. The molecule has 2 unspecified atom stereocenters. The Morgan fingerprint density at radius 2 is 2.35 bits per heavy atom. The van der Waals surface area contributed by atoms with Crippen LogP contribution in [0, 0.1) is 5.92 Å². The first kappa shape index (κ1) is 14.8. The highest BCUT2D eigenvalue weighted by Gasteiger charge is 2.31. The van der Waals surface area contributed by atoms with E-state index in [9.17, 15) is 9.59 Å². The summed E-state index contributed by atoms with van der Waals surface area (Å²) < 4.78 is 0. The first-order valence-electron chi connectivity index (χ1n) is 6.87. The average molecular weight is 296 g/mol. The molecule has 0 spiro atoms. The Morgan fingerprint density at radius 3 is 2.95 bits per heavy atom. The number of nitrogens with one attached hydrogen (secondary N) is 1. The molecule has 0 radical (unpaired) electrons. The molecule has 0 aromatic carbocycles. The molecule has 0 bridgehead atoms. The van der Waals surface area contributed by atoms with Crippen LogP contribution in [0.15, 0.2) is 17.5 Å². The molecule has 5 nitrogen and oxygen atoms in total. The molecule has 1 aromatic heterocycles. The molecular formula is C14H20N2O3S. The number of urea groups is 1. The molecule has 1 aromatic rings. The standard InChI is InChI=1S/C14H20N2O3S/c1-10-9-11(13(17)18)5-7-16(10)14(19)15-6-4-12-3-2-8-20-12/h2-3,8,10-11H,4-7,9H2,1H3,(H,15,19)(H,17,18). The molecule has 6 heteroatoms. The molecule has 2 rings (SSSR count). The van der Waals surface area contributed by atoms with E-state index in [-0.39, 0.29) is 18.0 Å². The van der Waals surface area contributed by atoms with Gasteiger partial charge in [-0.1, -0.05) is 6.07 Å². The highest BCUT2D eigenvalue weighted by Crippen LogP contribution is 2.22. The van der Waals surface area contributed by atoms with E-state index < -0.39 is 5.97 Å². The van der Waals surface area contributed by atoms with Crippen molar-refractivity contribution in [2.24, 2.45) is 5.92 Å². The maximum Gasteiger partial charge on any atom is 0.317 e. The number of carbonyl (C=O) groups is 2. The smallest absolute Gasteiger partial charge is 0.317 e. The normalized spacial score (nSPS) is 22.6. The van der Waals surface area contributed by atoms with Crippen LogP contribution in [0.25, 0.3) is 0 Å². The topological polar surface area (TPSA) is 69.6 Å². The van der Waals surface area contributed by atoms with Crippen LogP contribution in [0.3, 0.4) is 0 Å². The SMILES string of the molecule is CC1CC(C(=O)O)CCN1C(=O)NCCc1cccs1. The second-order valence-corrected chi connectivity index (χ2v) is 6.20. The van der Waals surface area contributed by atoms with Crippen molar-refractivity contribution >= 4 is 23.3 Å². The maximum absolute atomic E-state index is 12.1. The second-order valence-electron chi connectivity index (χ2n) is 5.16. The Balaban J connectivity index is 1.76. The molecule has 2 amide bonds. The van der Waals surface area contributed by atoms with Gasteiger partial charge in [0.1, 0.15) is 0 Å². The van der Waals surface area contributed by atoms with Gasteiger partial charge >= 0.3 is 12.0 Å². The van der Waals surface area contributed by atoms with Gasteiger partial charge in [0.25, 0.3) is 0 Å². The number of rotatable bonds is 4. The molecule has 2 atom stereocenters. The van der Waals surface area contributed by atoms with Crippen LogP contribution in [0.5, 0.6) is 0 Å². The summed E-state index contributed by atoms with van der Waals surface area (Å²) >= 11 is 1.68. The van der Waals surface area contributed by atoms with Crippen LogP contribution < -0.4 is 5.32 Å². The van der Waals surface area contributed by atoms with Gasteiger partial charge in [0.05, 0.1) is 5.92 Å². The summed E-state index contributed by atoms with van der Waals surface area (Å²) in [4.78, 5) is 26.0. The number of aliphatic carboxylic acids is 1. The van der Waals surface area contributed by atoms with E-state index in [0.29, 0.717) is 25.9 Å². The lowest BCUT2D eigenvalue weighted by molar-refractivity contribution is -0.143. The Kier molecular flexibility index (Phi) is 5.00. The molecule has 1 saturated heterocycles. The third-order valence-electron chi connectivity index (χ3n) is 3.71. The number of likely N-dealkylation sites (tertiary alicyclic amines) is 1. The van der Waals surface area contributed by atoms with Crippen molar-refractivity contribution in [3.63, 3.8) is 0 Å². The van der Waals surface area contributed by atoms with Crippen molar-refractivity contribution in [1.29, 1.82) is 0 Å². The summed E-state index contributed by atoms with van der Waals surface area (Å²) in [6.45, 7) is 3.04. The van der Waals surface area contributed by atoms with Crippen LogP contribution in [0.2, 0.25) is 0 Å². The van der Waals surface area contributed by atoms with E-state index in [0.717, 1.165) is 6.42 Å². The number of hydrogen-bond acceptors (Lipinski definition) is 3. The maximum atomic E-state index is 12.1. The zero-order chi connectivity index (χ0) is 14.5. The number of amides is 2. The third-order valence-corrected chi connectivity index (χ3v) is 4.65. The molecule has 1 aliphatic heterocycles. The quantitative estimate of drug-likeness (QED) is 0.894. The van der Waals surface area contributed by atoms with Crippen molar-refractivity contribution in [1.82, 2.24) is 10.2 Å². The summed E-state index contributed by atoms with van der Waals surface area (Å²) in [6.07, 6.45) is 1.91. The molecule has 2 heterocycles. The van der Waals surface area contributed by atoms with Gasteiger partial charge in [0, 0.05) is 24.0 Å². The van der Waals surface area contributed by atoms with Crippen molar-refractivity contribution in [2.75, 3.05) is 13.1 Å². The Bertz CT molecular complexity index is 461. The van der Waals surface area contributed by atoms with E-state index in [2.05, 4.69) is 11.4 Å². The Morgan fingerprint density at radius 1 is 1.55 bits per heavy atom. The number of carboxylic acid groups (broad SMARTS) is 1. The summed E-state index contributed by atoms with van der Waals surface area (Å²) in [5.74, 6) is -1.07. The van der Waals surface area contributed by atoms with Gasteiger partial charge in [-0.3, -0.25) is 4.79 Å². The number of thiophene rings is 1. The summed E-state index contributed by atoms with van der Waals surface area (Å²) in [5, 5.41) is 13.9. The first-order valence-corrected chi connectivity index (χ1v) is 7.75. The van der Waals surface area contributed by atoms with Crippen LogP contribution >= 0.6 is 11.3 Å². The first-order chi connectivity index (χ1) is 9.58. The van der Waals surface area contributed by atoms with E-state index in [1.54, 1.807) is 16.2 Å². The zero-order valence-electron chi connectivity index (χ0n) is 11.5. The highest BCUT2D eigenvalue weighted by molar-refractivity contribution is 7.09. The van der Waals surface area contributed by atoms with Gasteiger partial charge in [0.2, 0.25) is 0 Å². The van der Waals surface area contributed by atoms with Crippen molar-refractivity contribution in [3.05, 3.63) is 22.4 Å². The lowest BCUT2D eigenvalue weighted by Crippen LogP contribution is -2.50. The largest absolute Gasteiger partial charge is 0.481 e. The van der Waals surface area contributed by atoms with Gasteiger partial charge in [-0.25, -0.2) is 4.79 Å². The fraction of sp³-hybridized carbons (Fsp3) is 0.571. The molecular weight excluding hydrogens is 276 g/mol. The van der Waals surface area contributed by atoms with Crippen molar-refractivity contribution in [3.8, 4) is 0 Å². The number of nitrogens with zero attached hydrogens (tertiary/aromatic N) is 1. The lowest BCUT2D eigenvalue weighted by Gasteiger charge is -2.36. The third kappa shape index (κ3) is 3.72. The zero-order valence-corrected chi connectivity index (χ0v) is 12.4. The second kappa shape index (κ2) is 6.74.